The van der Waals surface area contributed by atoms with Gasteiger partial charge in [-0.2, -0.15) is 0 Å². The number of benzene rings is 1. The molecule has 0 spiro atoms. The van der Waals surface area contributed by atoms with E-state index in [4.69, 9.17) is 4.74 Å². The number of methoxy groups -OCH3 is 1. The van der Waals surface area contributed by atoms with E-state index in [0.717, 1.165) is 24.4 Å². The Morgan fingerprint density at radius 1 is 1.29 bits per heavy atom. The second kappa shape index (κ2) is 6.58. The van der Waals surface area contributed by atoms with E-state index in [-0.39, 0.29) is 0 Å². The predicted octanol–water partition coefficient (Wildman–Crippen LogP) is 3.54. The monoisotopic (exact) mass is 302 g/mol. The van der Waals surface area contributed by atoms with Crippen LogP contribution in [0.25, 0.3) is 0 Å². The summed E-state index contributed by atoms with van der Waals surface area (Å²) >= 11 is 1.76. The molecule has 0 saturated heterocycles. The molecule has 0 amide bonds. The number of nitrogens with one attached hydrogen (secondary N) is 1. The minimum atomic E-state index is 0.665. The van der Waals surface area contributed by atoms with Gasteiger partial charge in [-0.3, -0.25) is 0 Å². The number of hydrogen-bond acceptors (Lipinski definition) is 4. The molecular formula is C17H22N2OS. The number of thiazole rings is 1. The fourth-order valence-electron chi connectivity index (χ4n) is 2.83. The van der Waals surface area contributed by atoms with E-state index in [1.54, 1.807) is 18.4 Å². The van der Waals surface area contributed by atoms with Gasteiger partial charge in [0.1, 0.15) is 5.75 Å². The first kappa shape index (κ1) is 14.5. The van der Waals surface area contributed by atoms with E-state index in [0.29, 0.717) is 12.0 Å². The van der Waals surface area contributed by atoms with Gasteiger partial charge in [-0.1, -0.05) is 12.1 Å². The van der Waals surface area contributed by atoms with Gasteiger partial charge in [0.05, 0.1) is 12.1 Å². The highest BCUT2D eigenvalue weighted by Crippen LogP contribution is 2.37. The second-order valence-corrected chi connectivity index (χ2v) is 6.67. The van der Waals surface area contributed by atoms with Crippen LogP contribution in [0.2, 0.25) is 0 Å². The van der Waals surface area contributed by atoms with E-state index in [1.165, 1.54) is 23.4 Å². The molecule has 0 unspecified atom stereocenters. The van der Waals surface area contributed by atoms with Crippen molar-refractivity contribution in [3.05, 3.63) is 45.9 Å². The lowest BCUT2D eigenvalue weighted by Gasteiger charge is -2.36. The van der Waals surface area contributed by atoms with Crippen molar-refractivity contribution in [3.63, 3.8) is 0 Å². The maximum Gasteiger partial charge on any atom is 0.118 e. The Balaban J connectivity index is 1.39. The molecule has 0 atom stereocenters. The first-order valence-electron chi connectivity index (χ1n) is 7.53. The maximum absolute atomic E-state index is 5.20. The van der Waals surface area contributed by atoms with Gasteiger partial charge >= 0.3 is 0 Å². The molecule has 3 nitrogen and oxygen atoms in total. The van der Waals surface area contributed by atoms with E-state index >= 15 is 0 Å². The molecule has 0 radical (unpaired) electrons. The first-order chi connectivity index (χ1) is 10.2. The van der Waals surface area contributed by atoms with E-state index < -0.39 is 0 Å². The van der Waals surface area contributed by atoms with Crippen molar-refractivity contribution < 1.29 is 4.74 Å². The summed E-state index contributed by atoms with van der Waals surface area (Å²) in [6, 6.07) is 9.16. The van der Waals surface area contributed by atoms with E-state index in [9.17, 15) is 0 Å². The summed E-state index contributed by atoms with van der Waals surface area (Å²) in [5, 5.41) is 7.01. The average molecular weight is 302 g/mol. The summed E-state index contributed by atoms with van der Waals surface area (Å²) in [5.41, 5.74) is 2.57. The van der Waals surface area contributed by atoms with Gasteiger partial charge in [0, 0.05) is 30.1 Å². The lowest BCUT2D eigenvalue weighted by Crippen LogP contribution is -2.40. The molecule has 1 aromatic carbocycles. The van der Waals surface area contributed by atoms with Crippen molar-refractivity contribution in [2.45, 2.75) is 38.1 Å². The summed E-state index contributed by atoms with van der Waals surface area (Å²) in [7, 11) is 1.71. The van der Waals surface area contributed by atoms with Crippen molar-refractivity contribution in [3.8, 4) is 5.75 Å². The number of hydrogen-bond donors (Lipinski definition) is 1. The third kappa shape index (κ3) is 3.63. The fraction of sp³-hybridized carbons (Fsp3) is 0.471. The lowest BCUT2D eigenvalue weighted by molar-refractivity contribution is 0.292. The molecule has 1 fully saturated rings. The average Bonchev–Trinajstić information content (AvgIpc) is 2.87. The van der Waals surface area contributed by atoms with Crippen LogP contribution in [-0.4, -0.2) is 24.7 Å². The van der Waals surface area contributed by atoms with Crippen LogP contribution < -0.4 is 10.1 Å². The molecule has 4 heteroatoms. The standard InChI is InChI=1S/C17H22N2OS/c1-12-11-21-17(19-12)7-8-18-15-9-14(10-15)13-3-5-16(20-2)6-4-13/h3-6,11,14-15,18H,7-10H2,1-2H3. The highest BCUT2D eigenvalue weighted by atomic mass is 32.1. The van der Waals surface area contributed by atoms with Crippen LogP contribution in [0.15, 0.2) is 29.6 Å². The highest BCUT2D eigenvalue weighted by molar-refractivity contribution is 7.09. The predicted molar refractivity (Wildman–Crippen MR) is 87.3 cm³/mol. The minimum Gasteiger partial charge on any atom is -0.497 e. The lowest BCUT2D eigenvalue weighted by atomic mass is 9.76. The Bertz CT molecular complexity index is 573. The smallest absolute Gasteiger partial charge is 0.118 e. The fourth-order valence-corrected chi connectivity index (χ4v) is 3.61. The second-order valence-electron chi connectivity index (χ2n) is 5.73. The Morgan fingerprint density at radius 3 is 2.67 bits per heavy atom. The third-order valence-electron chi connectivity index (χ3n) is 4.16. The number of aromatic nitrogens is 1. The quantitative estimate of drug-likeness (QED) is 0.886. The van der Waals surface area contributed by atoms with Crippen molar-refractivity contribution in [1.82, 2.24) is 10.3 Å². The topological polar surface area (TPSA) is 34.1 Å². The van der Waals surface area contributed by atoms with Gasteiger partial charge in [0.2, 0.25) is 0 Å². The zero-order valence-electron chi connectivity index (χ0n) is 12.6. The molecule has 1 aliphatic carbocycles. The molecule has 2 aromatic rings. The van der Waals surface area contributed by atoms with Crippen LogP contribution in [-0.2, 0) is 6.42 Å². The summed E-state index contributed by atoms with van der Waals surface area (Å²) in [4.78, 5) is 4.50. The molecule has 0 bridgehead atoms. The molecule has 112 valence electrons. The molecule has 1 aliphatic rings. The van der Waals surface area contributed by atoms with Crippen molar-refractivity contribution in [2.75, 3.05) is 13.7 Å². The molecule has 1 aromatic heterocycles. The van der Waals surface area contributed by atoms with Crippen LogP contribution in [0.1, 0.15) is 35.0 Å². The Labute approximate surface area is 130 Å². The van der Waals surface area contributed by atoms with E-state index in [2.05, 4.69) is 46.9 Å². The minimum absolute atomic E-state index is 0.665. The van der Waals surface area contributed by atoms with Gasteiger partial charge in [0.15, 0.2) is 0 Å². The zero-order chi connectivity index (χ0) is 14.7. The largest absolute Gasteiger partial charge is 0.497 e. The van der Waals surface area contributed by atoms with Crippen LogP contribution >= 0.6 is 11.3 Å². The van der Waals surface area contributed by atoms with Crippen molar-refractivity contribution in [2.24, 2.45) is 0 Å². The highest BCUT2D eigenvalue weighted by Gasteiger charge is 2.29. The number of rotatable bonds is 6. The molecule has 1 N–H and O–H groups in total. The van der Waals surface area contributed by atoms with Crippen molar-refractivity contribution >= 4 is 11.3 Å². The van der Waals surface area contributed by atoms with Gasteiger partial charge in [-0.25, -0.2) is 4.98 Å². The maximum atomic E-state index is 5.20. The summed E-state index contributed by atoms with van der Waals surface area (Å²) in [6.45, 7) is 3.09. The number of aryl methyl sites for hydroxylation is 1. The molecule has 1 saturated carbocycles. The molecule has 1 heterocycles. The molecule has 21 heavy (non-hydrogen) atoms. The normalized spacial score (nSPS) is 21.0. The first-order valence-corrected chi connectivity index (χ1v) is 8.41. The van der Waals surface area contributed by atoms with Crippen LogP contribution in [0.5, 0.6) is 5.75 Å². The summed E-state index contributed by atoms with van der Waals surface area (Å²) in [6.07, 6.45) is 3.52. The Morgan fingerprint density at radius 2 is 2.05 bits per heavy atom. The Kier molecular flexibility index (Phi) is 4.56. The third-order valence-corrected chi connectivity index (χ3v) is 5.19. The number of nitrogens with zero attached hydrogens (tertiary/aromatic N) is 1. The molecular weight excluding hydrogens is 280 g/mol. The SMILES string of the molecule is COc1ccc(C2CC(NCCc3nc(C)cs3)C2)cc1. The van der Waals surface area contributed by atoms with Crippen LogP contribution in [0.4, 0.5) is 0 Å². The van der Waals surface area contributed by atoms with Gasteiger partial charge in [-0.15, -0.1) is 11.3 Å². The van der Waals surface area contributed by atoms with Crippen molar-refractivity contribution in [1.29, 1.82) is 0 Å². The Hall–Kier alpha value is -1.39. The van der Waals surface area contributed by atoms with Gasteiger partial charge in [0.25, 0.3) is 0 Å². The number of ether oxygens (including phenoxy) is 1. The molecule has 0 aliphatic heterocycles. The summed E-state index contributed by atoms with van der Waals surface area (Å²) < 4.78 is 5.20. The van der Waals surface area contributed by atoms with Crippen LogP contribution in [0.3, 0.4) is 0 Å². The molecule has 3 rings (SSSR count). The van der Waals surface area contributed by atoms with Gasteiger partial charge in [-0.05, 0) is 43.4 Å². The van der Waals surface area contributed by atoms with Crippen LogP contribution in [0, 0.1) is 6.92 Å². The summed E-state index contributed by atoms with van der Waals surface area (Å²) in [5.74, 6) is 1.64. The van der Waals surface area contributed by atoms with E-state index in [1.807, 2.05) is 0 Å². The van der Waals surface area contributed by atoms with Gasteiger partial charge < -0.3 is 10.1 Å². The zero-order valence-corrected chi connectivity index (χ0v) is 13.5.